The molecule has 3 heteroatoms. The summed E-state index contributed by atoms with van der Waals surface area (Å²) < 4.78 is 2.26. The van der Waals surface area contributed by atoms with E-state index in [1.54, 1.807) is 0 Å². The van der Waals surface area contributed by atoms with Gasteiger partial charge < -0.3 is 4.40 Å². The van der Waals surface area contributed by atoms with Crippen molar-refractivity contribution in [3.05, 3.63) is 35.9 Å². The van der Waals surface area contributed by atoms with Crippen LogP contribution in [0.3, 0.4) is 0 Å². The Kier molecular flexibility index (Phi) is 2.64. The third kappa shape index (κ3) is 1.63. The van der Waals surface area contributed by atoms with Crippen LogP contribution in [0.25, 0.3) is 5.52 Å². The molecule has 3 heterocycles. The maximum atomic E-state index is 4.62. The average molecular weight is 232 g/mol. The van der Waals surface area contributed by atoms with Crippen LogP contribution < -0.4 is 0 Å². The molecule has 0 amide bonds. The topological polar surface area (TPSA) is 17.3 Å². The number of pyridine rings is 1. The van der Waals surface area contributed by atoms with Crippen molar-refractivity contribution in [2.45, 2.75) is 31.4 Å². The van der Waals surface area contributed by atoms with Gasteiger partial charge in [-0.25, -0.2) is 4.98 Å². The first-order valence-corrected chi connectivity index (χ1v) is 6.95. The summed E-state index contributed by atoms with van der Waals surface area (Å²) in [4.78, 5) is 4.62. The molecular weight excluding hydrogens is 216 g/mol. The van der Waals surface area contributed by atoms with Crippen LogP contribution >= 0.6 is 11.8 Å². The minimum Gasteiger partial charge on any atom is -0.303 e. The van der Waals surface area contributed by atoms with Crippen LogP contribution in [0.2, 0.25) is 0 Å². The molecule has 1 unspecified atom stereocenters. The Morgan fingerprint density at radius 1 is 1.44 bits per heavy atom. The van der Waals surface area contributed by atoms with Crippen molar-refractivity contribution in [2.24, 2.45) is 0 Å². The predicted octanol–water partition coefficient (Wildman–Crippen LogP) is 3.60. The summed E-state index contributed by atoms with van der Waals surface area (Å²) in [6, 6.07) is 4.26. The highest BCUT2D eigenvalue weighted by Gasteiger charge is 2.20. The number of aryl methyl sites for hydroxylation is 1. The zero-order chi connectivity index (χ0) is 11.0. The van der Waals surface area contributed by atoms with Crippen molar-refractivity contribution in [1.82, 2.24) is 9.38 Å². The van der Waals surface area contributed by atoms with Gasteiger partial charge in [-0.3, -0.25) is 0 Å². The van der Waals surface area contributed by atoms with Crippen LogP contribution in [0.1, 0.15) is 35.9 Å². The second-order valence-corrected chi connectivity index (χ2v) is 5.73. The third-order valence-corrected chi connectivity index (χ3v) is 4.65. The summed E-state index contributed by atoms with van der Waals surface area (Å²) in [5, 5.41) is 0.595. The van der Waals surface area contributed by atoms with Gasteiger partial charge in [0.05, 0.1) is 17.0 Å². The normalized spacial score (nSPS) is 21.4. The Morgan fingerprint density at radius 2 is 2.38 bits per heavy atom. The Hall–Kier alpha value is -0.960. The first kappa shape index (κ1) is 10.2. The van der Waals surface area contributed by atoms with Crippen molar-refractivity contribution in [1.29, 1.82) is 0 Å². The van der Waals surface area contributed by atoms with Gasteiger partial charge in [0, 0.05) is 6.20 Å². The van der Waals surface area contributed by atoms with Crippen LogP contribution in [0, 0.1) is 6.92 Å². The van der Waals surface area contributed by atoms with Gasteiger partial charge in [0.15, 0.2) is 0 Å². The molecule has 1 saturated heterocycles. The molecule has 3 rings (SSSR count). The summed E-state index contributed by atoms with van der Waals surface area (Å²) in [5.74, 6) is 2.52. The van der Waals surface area contributed by atoms with E-state index >= 15 is 0 Å². The monoisotopic (exact) mass is 232 g/mol. The van der Waals surface area contributed by atoms with Gasteiger partial charge in [-0.2, -0.15) is 11.8 Å². The lowest BCUT2D eigenvalue weighted by molar-refractivity contribution is 0.660. The summed E-state index contributed by atoms with van der Waals surface area (Å²) in [6.07, 6.45) is 8.14. The van der Waals surface area contributed by atoms with Gasteiger partial charge >= 0.3 is 0 Å². The van der Waals surface area contributed by atoms with E-state index in [9.17, 15) is 0 Å². The lowest BCUT2D eigenvalue weighted by atomic mass is 10.2. The minimum atomic E-state index is 0.595. The molecule has 2 aromatic rings. The Balaban J connectivity index is 2.06. The van der Waals surface area contributed by atoms with E-state index in [2.05, 4.69) is 46.4 Å². The standard InChI is InChI=1S/C13H16N2S/c1-10-5-4-7-15-11(10)9-14-13(15)12-6-2-3-8-16-12/h4-5,7,9,12H,2-3,6,8H2,1H3. The maximum Gasteiger partial charge on any atom is 0.126 e. The van der Waals surface area contributed by atoms with Gasteiger partial charge in [-0.1, -0.05) is 12.5 Å². The summed E-state index contributed by atoms with van der Waals surface area (Å²) in [6.45, 7) is 2.15. The molecule has 2 nitrogen and oxygen atoms in total. The van der Waals surface area contributed by atoms with Crippen LogP contribution in [-0.4, -0.2) is 15.1 Å². The number of aromatic nitrogens is 2. The fourth-order valence-corrected chi connectivity index (χ4v) is 3.68. The lowest BCUT2D eigenvalue weighted by Crippen LogP contribution is -2.06. The smallest absolute Gasteiger partial charge is 0.126 e. The van der Waals surface area contributed by atoms with Crippen LogP contribution in [-0.2, 0) is 0 Å². The van der Waals surface area contributed by atoms with Gasteiger partial charge in [-0.15, -0.1) is 0 Å². The van der Waals surface area contributed by atoms with E-state index in [4.69, 9.17) is 0 Å². The Labute approximate surface area is 100 Å². The molecule has 1 atom stereocenters. The number of fused-ring (bicyclic) bond motifs is 1. The van der Waals surface area contributed by atoms with E-state index in [1.807, 2.05) is 6.20 Å². The molecule has 0 saturated carbocycles. The SMILES string of the molecule is Cc1cccn2c(C3CCCCS3)ncc12. The number of nitrogens with zero attached hydrogens (tertiary/aromatic N) is 2. The zero-order valence-corrected chi connectivity index (χ0v) is 10.3. The molecule has 0 aliphatic carbocycles. The van der Waals surface area contributed by atoms with E-state index in [1.165, 1.54) is 41.9 Å². The fraction of sp³-hybridized carbons (Fsp3) is 0.462. The number of thioether (sulfide) groups is 1. The second-order valence-electron chi connectivity index (χ2n) is 4.42. The molecule has 0 spiro atoms. The van der Waals surface area contributed by atoms with E-state index < -0.39 is 0 Å². The Morgan fingerprint density at radius 3 is 3.19 bits per heavy atom. The minimum absolute atomic E-state index is 0.595. The number of imidazole rings is 1. The molecule has 2 aromatic heterocycles. The molecule has 0 bridgehead atoms. The number of hydrogen-bond acceptors (Lipinski definition) is 2. The van der Waals surface area contributed by atoms with Crippen LogP contribution in [0.15, 0.2) is 24.5 Å². The number of rotatable bonds is 1. The van der Waals surface area contributed by atoms with Gasteiger partial charge in [0.25, 0.3) is 0 Å². The predicted molar refractivity (Wildman–Crippen MR) is 69.0 cm³/mol. The van der Waals surface area contributed by atoms with Crippen LogP contribution in [0.4, 0.5) is 0 Å². The van der Waals surface area contributed by atoms with Crippen molar-refractivity contribution in [3.8, 4) is 0 Å². The molecule has 1 fully saturated rings. The first-order valence-electron chi connectivity index (χ1n) is 5.90. The highest BCUT2D eigenvalue weighted by atomic mass is 32.2. The van der Waals surface area contributed by atoms with Gasteiger partial charge in [0.2, 0.25) is 0 Å². The van der Waals surface area contributed by atoms with E-state index in [0.29, 0.717) is 5.25 Å². The first-order chi connectivity index (χ1) is 7.86. The molecule has 84 valence electrons. The van der Waals surface area contributed by atoms with Gasteiger partial charge in [-0.05, 0) is 37.1 Å². The van der Waals surface area contributed by atoms with E-state index in [-0.39, 0.29) is 0 Å². The average Bonchev–Trinajstić information content (AvgIpc) is 2.75. The maximum absolute atomic E-state index is 4.62. The largest absolute Gasteiger partial charge is 0.303 e. The zero-order valence-electron chi connectivity index (χ0n) is 9.52. The molecule has 0 N–H and O–H groups in total. The van der Waals surface area contributed by atoms with Gasteiger partial charge in [0.1, 0.15) is 5.82 Å². The molecule has 16 heavy (non-hydrogen) atoms. The Bertz CT molecular complexity index is 498. The third-order valence-electron chi connectivity index (χ3n) is 3.28. The highest BCUT2D eigenvalue weighted by molar-refractivity contribution is 7.99. The summed E-state index contributed by atoms with van der Waals surface area (Å²) in [5.41, 5.74) is 2.56. The number of hydrogen-bond donors (Lipinski definition) is 0. The van der Waals surface area contributed by atoms with Crippen molar-refractivity contribution < 1.29 is 0 Å². The van der Waals surface area contributed by atoms with Crippen LogP contribution in [0.5, 0.6) is 0 Å². The summed E-state index contributed by atoms with van der Waals surface area (Å²) in [7, 11) is 0. The molecule has 1 aliphatic rings. The quantitative estimate of drug-likeness (QED) is 0.747. The molecule has 0 radical (unpaired) electrons. The van der Waals surface area contributed by atoms with E-state index in [0.717, 1.165) is 0 Å². The van der Waals surface area contributed by atoms with Crippen molar-refractivity contribution in [2.75, 3.05) is 5.75 Å². The lowest BCUT2D eigenvalue weighted by Gasteiger charge is -2.20. The van der Waals surface area contributed by atoms with Crippen molar-refractivity contribution >= 4 is 17.3 Å². The van der Waals surface area contributed by atoms with Crippen molar-refractivity contribution in [3.63, 3.8) is 0 Å². The second kappa shape index (κ2) is 4.13. The highest BCUT2D eigenvalue weighted by Crippen LogP contribution is 2.37. The summed E-state index contributed by atoms with van der Waals surface area (Å²) >= 11 is 2.06. The molecule has 1 aliphatic heterocycles. The molecular formula is C13H16N2S. The molecule has 0 aromatic carbocycles. The fourth-order valence-electron chi connectivity index (χ4n) is 2.37.